The van der Waals surface area contributed by atoms with E-state index >= 15 is 0 Å². The van der Waals surface area contributed by atoms with Crippen molar-refractivity contribution in [2.75, 3.05) is 18.4 Å². The van der Waals surface area contributed by atoms with Crippen molar-refractivity contribution in [2.24, 2.45) is 0 Å². The lowest BCUT2D eigenvalue weighted by Gasteiger charge is -2.24. The molecule has 2 N–H and O–H groups in total. The summed E-state index contributed by atoms with van der Waals surface area (Å²) in [6.45, 7) is 3.53. The van der Waals surface area contributed by atoms with Crippen LogP contribution in [0.3, 0.4) is 0 Å². The van der Waals surface area contributed by atoms with Crippen LogP contribution in [0.25, 0.3) is 0 Å². The fourth-order valence-electron chi connectivity index (χ4n) is 3.72. The average Bonchev–Trinajstić information content (AvgIpc) is 3.46. The molecule has 0 bridgehead atoms. The van der Waals surface area contributed by atoms with Crippen molar-refractivity contribution in [1.29, 1.82) is 0 Å². The van der Waals surface area contributed by atoms with E-state index in [-0.39, 0.29) is 11.8 Å². The Kier molecular flexibility index (Phi) is 6.62. The highest BCUT2D eigenvalue weighted by Crippen LogP contribution is 2.22. The smallest absolute Gasteiger partial charge is 0.271 e. The summed E-state index contributed by atoms with van der Waals surface area (Å²) in [5.74, 6) is -0.356. The van der Waals surface area contributed by atoms with Gasteiger partial charge in [-0.05, 0) is 43.0 Å². The Hall–Kier alpha value is -3.19. The lowest BCUT2D eigenvalue weighted by molar-refractivity contribution is -0.132. The summed E-state index contributed by atoms with van der Waals surface area (Å²) in [6, 6.07) is 17.1. The summed E-state index contributed by atoms with van der Waals surface area (Å²) in [6.07, 6.45) is 2.48. The topological polar surface area (TPSA) is 74.3 Å². The molecule has 0 spiro atoms. The monoisotopic (exact) mass is 434 g/mol. The first-order valence-electron chi connectivity index (χ1n) is 10.5. The minimum Gasteiger partial charge on any atom is -0.341 e. The second-order valence-electron chi connectivity index (χ2n) is 7.78. The zero-order valence-corrected chi connectivity index (χ0v) is 18.3. The molecule has 0 saturated carbocycles. The number of rotatable bonds is 7. The molecule has 1 fully saturated rings. The number of hydrogen-bond donors (Lipinski definition) is 2. The molecule has 1 saturated heterocycles. The largest absolute Gasteiger partial charge is 0.341 e. The Bertz CT molecular complexity index is 1040. The van der Waals surface area contributed by atoms with Crippen molar-refractivity contribution in [3.05, 3.63) is 76.8 Å². The van der Waals surface area contributed by atoms with Gasteiger partial charge in [0.2, 0.25) is 5.91 Å². The maximum Gasteiger partial charge on any atom is 0.271 e. The Morgan fingerprint density at radius 1 is 1.10 bits per heavy atom. The van der Waals surface area contributed by atoms with Gasteiger partial charge in [0.25, 0.3) is 5.91 Å². The van der Waals surface area contributed by atoms with Crippen LogP contribution in [-0.2, 0) is 11.2 Å². The molecule has 0 aliphatic carbocycles. The first kappa shape index (κ1) is 21.1. The number of aryl methyl sites for hydroxylation is 1. The van der Waals surface area contributed by atoms with E-state index in [1.165, 1.54) is 11.3 Å². The molecule has 1 aromatic heterocycles. The third kappa shape index (κ3) is 5.49. The number of benzene rings is 2. The molecule has 3 aromatic rings. The number of anilines is 2. The van der Waals surface area contributed by atoms with E-state index in [2.05, 4.69) is 15.6 Å². The fourth-order valence-corrected chi connectivity index (χ4v) is 4.43. The van der Waals surface area contributed by atoms with Gasteiger partial charge in [0, 0.05) is 30.6 Å². The first-order chi connectivity index (χ1) is 15.1. The summed E-state index contributed by atoms with van der Waals surface area (Å²) in [7, 11) is 0. The normalized spacial score (nSPS) is 14.3. The molecule has 1 atom stereocenters. The highest BCUT2D eigenvalue weighted by Gasteiger charge is 2.28. The van der Waals surface area contributed by atoms with Crippen LogP contribution in [0.2, 0.25) is 0 Å². The Morgan fingerprint density at radius 2 is 1.87 bits per heavy atom. The highest BCUT2D eigenvalue weighted by molar-refractivity contribution is 7.14. The number of carbonyl (C=O) groups excluding carboxylic acids is 2. The zero-order valence-electron chi connectivity index (χ0n) is 17.5. The summed E-state index contributed by atoms with van der Waals surface area (Å²) in [4.78, 5) is 32.3. The van der Waals surface area contributed by atoms with E-state index in [0.717, 1.165) is 42.7 Å². The zero-order chi connectivity index (χ0) is 21.6. The predicted octanol–water partition coefficient (Wildman–Crippen LogP) is 4.16. The minimum atomic E-state index is -0.608. The van der Waals surface area contributed by atoms with Crippen molar-refractivity contribution in [1.82, 2.24) is 15.2 Å². The van der Waals surface area contributed by atoms with E-state index in [9.17, 15) is 9.59 Å². The molecule has 160 valence electrons. The van der Waals surface area contributed by atoms with Crippen LogP contribution in [-0.4, -0.2) is 40.8 Å². The van der Waals surface area contributed by atoms with E-state index in [0.29, 0.717) is 17.2 Å². The molecule has 0 radical (unpaired) electrons. The molecule has 7 heteroatoms. The van der Waals surface area contributed by atoms with E-state index in [1.807, 2.05) is 66.4 Å². The molecule has 6 nitrogen and oxygen atoms in total. The summed E-state index contributed by atoms with van der Waals surface area (Å²) in [5.41, 5.74) is 3.39. The van der Waals surface area contributed by atoms with Gasteiger partial charge in [-0.3, -0.25) is 9.59 Å². The number of nitrogens with one attached hydrogen (secondary N) is 2. The standard InChI is InChI=1S/C24H26N4O2S/c1-17-8-7-11-19(14-17)25-24-27-21(16-31-24)22(29)26-20(15-18-9-3-2-4-10-18)23(30)28-12-5-6-13-28/h2-4,7-11,14,16,20H,5-6,12-13,15H2,1H3,(H,25,27)(H,26,29). The lowest BCUT2D eigenvalue weighted by Crippen LogP contribution is -2.49. The maximum atomic E-state index is 13.1. The van der Waals surface area contributed by atoms with E-state index in [4.69, 9.17) is 0 Å². The SMILES string of the molecule is Cc1cccc(Nc2nc(C(=O)NC(Cc3ccccc3)C(=O)N3CCCC3)cs2)c1. The van der Waals surface area contributed by atoms with Gasteiger partial charge < -0.3 is 15.5 Å². The third-order valence-electron chi connectivity index (χ3n) is 5.31. The molecule has 1 unspecified atom stereocenters. The van der Waals surface area contributed by atoms with Gasteiger partial charge in [0.15, 0.2) is 5.13 Å². The number of carbonyl (C=O) groups is 2. The van der Waals surface area contributed by atoms with Crippen molar-refractivity contribution in [3.8, 4) is 0 Å². The van der Waals surface area contributed by atoms with Gasteiger partial charge in [-0.1, -0.05) is 42.5 Å². The number of likely N-dealkylation sites (tertiary alicyclic amines) is 1. The van der Waals surface area contributed by atoms with Crippen LogP contribution < -0.4 is 10.6 Å². The maximum absolute atomic E-state index is 13.1. The van der Waals surface area contributed by atoms with Crippen LogP contribution in [0.4, 0.5) is 10.8 Å². The number of amides is 2. The van der Waals surface area contributed by atoms with Gasteiger partial charge in [0.05, 0.1) is 0 Å². The van der Waals surface area contributed by atoms with Crippen LogP contribution in [0.1, 0.15) is 34.5 Å². The van der Waals surface area contributed by atoms with Gasteiger partial charge in [-0.2, -0.15) is 0 Å². The van der Waals surface area contributed by atoms with Gasteiger partial charge in [0.1, 0.15) is 11.7 Å². The summed E-state index contributed by atoms with van der Waals surface area (Å²) in [5, 5.41) is 8.52. The van der Waals surface area contributed by atoms with Crippen molar-refractivity contribution in [3.63, 3.8) is 0 Å². The van der Waals surface area contributed by atoms with Crippen molar-refractivity contribution in [2.45, 2.75) is 32.2 Å². The predicted molar refractivity (Wildman–Crippen MR) is 124 cm³/mol. The molecule has 1 aliphatic heterocycles. The van der Waals surface area contributed by atoms with Crippen LogP contribution in [0.5, 0.6) is 0 Å². The summed E-state index contributed by atoms with van der Waals surface area (Å²) < 4.78 is 0. The minimum absolute atomic E-state index is 0.0250. The molecule has 2 aromatic carbocycles. The number of thiazole rings is 1. The number of nitrogens with zero attached hydrogens (tertiary/aromatic N) is 2. The Morgan fingerprint density at radius 3 is 2.61 bits per heavy atom. The molecular formula is C24H26N4O2S. The highest BCUT2D eigenvalue weighted by atomic mass is 32.1. The van der Waals surface area contributed by atoms with Crippen LogP contribution in [0, 0.1) is 6.92 Å². The first-order valence-corrected chi connectivity index (χ1v) is 11.4. The van der Waals surface area contributed by atoms with Crippen LogP contribution in [0.15, 0.2) is 60.0 Å². The van der Waals surface area contributed by atoms with Crippen molar-refractivity contribution >= 4 is 34.0 Å². The quantitative estimate of drug-likeness (QED) is 0.586. The van der Waals surface area contributed by atoms with E-state index < -0.39 is 6.04 Å². The molecular weight excluding hydrogens is 408 g/mol. The fraction of sp³-hybridized carbons (Fsp3) is 0.292. The second-order valence-corrected chi connectivity index (χ2v) is 8.64. The van der Waals surface area contributed by atoms with Crippen LogP contribution >= 0.6 is 11.3 Å². The van der Waals surface area contributed by atoms with Gasteiger partial charge >= 0.3 is 0 Å². The Balaban J connectivity index is 1.46. The van der Waals surface area contributed by atoms with E-state index in [1.54, 1.807) is 5.38 Å². The molecule has 2 amide bonds. The van der Waals surface area contributed by atoms with Crippen molar-refractivity contribution < 1.29 is 9.59 Å². The lowest BCUT2D eigenvalue weighted by atomic mass is 10.0. The third-order valence-corrected chi connectivity index (χ3v) is 6.07. The molecule has 4 rings (SSSR count). The second kappa shape index (κ2) is 9.75. The number of hydrogen-bond acceptors (Lipinski definition) is 5. The average molecular weight is 435 g/mol. The molecule has 2 heterocycles. The Labute approximate surface area is 186 Å². The van der Waals surface area contributed by atoms with Gasteiger partial charge in [-0.15, -0.1) is 11.3 Å². The molecule has 1 aliphatic rings. The molecule has 31 heavy (non-hydrogen) atoms. The number of aromatic nitrogens is 1. The van der Waals surface area contributed by atoms with Gasteiger partial charge in [-0.25, -0.2) is 4.98 Å². The summed E-state index contributed by atoms with van der Waals surface area (Å²) >= 11 is 1.36.